The number of pyridine rings is 1. The van der Waals surface area contributed by atoms with Gasteiger partial charge >= 0.3 is 5.97 Å². The van der Waals surface area contributed by atoms with Gasteiger partial charge in [-0.1, -0.05) is 12.1 Å². The number of benzene rings is 1. The van der Waals surface area contributed by atoms with Crippen molar-refractivity contribution >= 4 is 22.6 Å². The Kier molecular flexibility index (Phi) is 3.51. The van der Waals surface area contributed by atoms with Crippen molar-refractivity contribution in [3.8, 4) is 0 Å². The third-order valence-electron chi connectivity index (χ3n) is 3.01. The van der Waals surface area contributed by atoms with E-state index < -0.39 is 0 Å². The topological polar surface area (TPSA) is 83.0 Å². The van der Waals surface area contributed by atoms with Gasteiger partial charge in [-0.05, 0) is 23.8 Å². The summed E-state index contributed by atoms with van der Waals surface area (Å²) < 4.78 is 6.68. The smallest absolute Gasteiger partial charge is 0.328 e. The highest BCUT2D eigenvalue weighted by atomic mass is 16.5. The molecule has 0 unspecified atom stereocenters. The number of anilines is 1. The van der Waals surface area contributed by atoms with Crippen molar-refractivity contribution in [1.82, 2.24) is 14.8 Å². The lowest BCUT2D eigenvalue weighted by molar-refractivity contribution is -0.145. The van der Waals surface area contributed by atoms with Gasteiger partial charge in [-0.3, -0.25) is 14.5 Å². The lowest BCUT2D eigenvalue weighted by Crippen LogP contribution is -2.13. The molecule has 0 aliphatic rings. The number of fused-ring (bicyclic) bond motifs is 1. The van der Waals surface area contributed by atoms with Gasteiger partial charge in [0, 0.05) is 17.8 Å². The van der Waals surface area contributed by atoms with Crippen LogP contribution in [0.25, 0.3) is 10.9 Å². The molecule has 0 amide bonds. The van der Waals surface area contributed by atoms with Gasteiger partial charge in [0.05, 0.1) is 17.4 Å². The molecule has 0 aliphatic carbocycles. The Labute approximate surface area is 121 Å². The summed E-state index contributed by atoms with van der Waals surface area (Å²) >= 11 is 0. The van der Waals surface area contributed by atoms with Crippen molar-refractivity contribution in [1.29, 1.82) is 0 Å². The number of rotatable bonds is 4. The van der Waals surface area contributed by atoms with Gasteiger partial charge in [0.1, 0.15) is 13.2 Å². The van der Waals surface area contributed by atoms with Crippen molar-refractivity contribution in [2.24, 2.45) is 0 Å². The summed E-state index contributed by atoms with van der Waals surface area (Å²) in [6.45, 7) is 0.271. The van der Waals surface area contributed by atoms with E-state index in [1.54, 1.807) is 12.4 Å². The largest absolute Gasteiger partial charge is 0.459 e. The van der Waals surface area contributed by atoms with Gasteiger partial charge in [-0.15, -0.1) is 0 Å². The van der Waals surface area contributed by atoms with E-state index in [4.69, 9.17) is 10.5 Å². The molecule has 0 radical (unpaired) electrons. The number of esters is 1. The molecule has 0 atom stereocenters. The minimum atomic E-state index is -0.357. The molecule has 0 aliphatic heterocycles. The summed E-state index contributed by atoms with van der Waals surface area (Å²) in [6.07, 6.45) is 4.82. The zero-order valence-electron chi connectivity index (χ0n) is 11.3. The first-order valence-corrected chi connectivity index (χ1v) is 6.48. The Morgan fingerprint density at radius 3 is 3.05 bits per heavy atom. The lowest BCUT2D eigenvalue weighted by atomic mass is 10.1. The molecule has 6 nitrogen and oxygen atoms in total. The van der Waals surface area contributed by atoms with Crippen LogP contribution in [-0.2, 0) is 22.7 Å². The second-order valence-corrected chi connectivity index (χ2v) is 4.66. The first kappa shape index (κ1) is 13.1. The number of ether oxygens (including phenoxy) is 1. The maximum Gasteiger partial charge on any atom is 0.328 e. The van der Waals surface area contributed by atoms with Crippen molar-refractivity contribution in [3.05, 3.63) is 54.5 Å². The summed E-state index contributed by atoms with van der Waals surface area (Å²) in [5, 5.41) is 4.95. The molecular weight excluding hydrogens is 268 g/mol. The molecule has 0 spiro atoms. The Balaban J connectivity index is 1.61. The van der Waals surface area contributed by atoms with E-state index in [0.717, 1.165) is 16.5 Å². The first-order chi connectivity index (χ1) is 10.2. The van der Waals surface area contributed by atoms with Crippen molar-refractivity contribution in [3.63, 3.8) is 0 Å². The number of carbonyl (C=O) groups is 1. The summed E-state index contributed by atoms with van der Waals surface area (Å²) in [4.78, 5) is 16.0. The van der Waals surface area contributed by atoms with Gasteiger partial charge in [-0.2, -0.15) is 5.10 Å². The van der Waals surface area contributed by atoms with Crippen molar-refractivity contribution < 1.29 is 9.53 Å². The highest BCUT2D eigenvalue weighted by Crippen LogP contribution is 2.14. The fourth-order valence-corrected chi connectivity index (χ4v) is 2.02. The summed E-state index contributed by atoms with van der Waals surface area (Å²) in [5.41, 5.74) is 7.89. The third kappa shape index (κ3) is 3.17. The van der Waals surface area contributed by atoms with Crippen LogP contribution in [0.3, 0.4) is 0 Å². The molecule has 2 N–H and O–H groups in total. The summed E-state index contributed by atoms with van der Waals surface area (Å²) in [5.74, 6) is -0.357. The third-order valence-corrected chi connectivity index (χ3v) is 3.01. The van der Waals surface area contributed by atoms with E-state index in [1.165, 1.54) is 10.9 Å². The van der Waals surface area contributed by atoms with E-state index in [-0.39, 0.29) is 19.1 Å². The van der Waals surface area contributed by atoms with E-state index in [9.17, 15) is 4.79 Å². The minimum absolute atomic E-state index is 0.0480. The van der Waals surface area contributed by atoms with Crippen LogP contribution in [0.2, 0.25) is 0 Å². The monoisotopic (exact) mass is 282 g/mol. The van der Waals surface area contributed by atoms with Crippen LogP contribution in [0.5, 0.6) is 0 Å². The molecule has 2 aromatic heterocycles. The second-order valence-electron chi connectivity index (χ2n) is 4.66. The van der Waals surface area contributed by atoms with Crippen LogP contribution in [0.4, 0.5) is 5.69 Å². The Morgan fingerprint density at radius 2 is 2.24 bits per heavy atom. The van der Waals surface area contributed by atoms with E-state index in [1.807, 2.05) is 30.3 Å². The van der Waals surface area contributed by atoms with Crippen LogP contribution in [0.1, 0.15) is 5.56 Å². The SMILES string of the molecule is Nc1cnn(CC(=O)OCc2ccc3ncccc3c2)c1. The molecule has 0 bridgehead atoms. The van der Waals surface area contributed by atoms with Crippen molar-refractivity contribution in [2.45, 2.75) is 13.2 Å². The molecule has 0 fully saturated rings. The predicted molar refractivity (Wildman–Crippen MR) is 78.2 cm³/mol. The minimum Gasteiger partial charge on any atom is -0.459 e. The number of aromatic nitrogens is 3. The summed E-state index contributed by atoms with van der Waals surface area (Å²) in [6, 6.07) is 9.61. The quantitative estimate of drug-likeness (QED) is 0.737. The molecule has 6 heteroatoms. The van der Waals surface area contributed by atoms with Gasteiger partial charge in [0.2, 0.25) is 0 Å². The van der Waals surface area contributed by atoms with E-state index >= 15 is 0 Å². The average molecular weight is 282 g/mol. The van der Waals surface area contributed by atoms with Gasteiger partial charge in [0.25, 0.3) is 0 Å². The number of nitrogen functional groups attached to an aromatic ring is 1. The van der Waals surface area contributed by atoms with Gasteiger partial charge in [0.15, 0.2) is 0 Å². The zero-order chi connectivity index (χ0) is 14.7. The Hall–Kier alpha value is -2.89. The van der Waals surface area contributed by atoms with Crippen LogP contribution in [0.15, 0.2) is 48.9 Å². The highest BCUT2D eigenvalue weighted by Gasteiger charge is 2.06. The number of nitrogens with zero attached hydrogens (tertiary/aromatic N) is 3. The van der Waals surface area contributed by atoms with E-state index in [0.29, 0.717) is 5.69 Å². The molecule has 3 rings (SSSR count). The Morgan fingerprint density at radius 1 is 1.33 bits per heavy atom. The molecule has 21 heavy (non-hydrogen) atoms. The molecule has 0 saturated carbocycles. The average Bonchev–Trinajstić information content (AvgIpc) is 2.90. The maximum atomic E-state index is 11.7. The Bertz CT molecular complexity index is 782. The van der Waals surface area contributed by atoms with Crippen LogP contribution in [-0.4, -0.2) is 20.7 Å². The first-order valence-electron chi connectivity index (χ1n) is 6.48. The number of hydrogen-bond donors (Lipinski definition) is 1. The normalized spacial score (nSPS) is 10.7. The molecule has 3 aromatic rings. The summed E-state index contributed by atoms with van der Waals surface area (Å²) in [7, 11) is 0. The predicted octanol–water partition coefficient (Wildman–Crippen LogP) is 1.76. The van der Waals surface area contributed by atoms with Gasteiger partial charge in [-0.25, -0.2) is 0 Å². The van der Waals surface area contributed by atoms with Crippen LogP contribution >= 0.6 is 0 Å². The van der Waals surface area contributed by atoms with Crippen LogP contribution in [0, 0.1) is 0 Å². The molecule has 0 saturated heterocycles. The number of nitrogens with two attached hydrogens (primary N) is 1. The van der Waals surface area contributed by atoms with Crippen LogP contribution < -0.4 is 5.73 Å². The highest BCUT2D eigenvalue weighted by molar-refractivity contribution is 5.79. The van der Waals surface area contributed by atoms with Crippen molar-refractivity contribution in [2.75, 3.05) is 5.73 Å². The second kappa shape index (κ2) is 5.62. The van der Waals surface area contributed by atoms with Gasteiger partial charge < -0.3 is 10.5 Å². The molecular formula is C15H14N4O2. The lowest BCUT2D eigenvalue weighted by Gasteiger charge is -2.06. The number of carbonyl (C=O) groups excluding carboxylic acids is 1. The molecule has 1 aromatic carbocycles. The van der Waals surface area contributed by atoms with E-state index in [2.05, 4.69) is 10.1 Å². The fourth-order valence-electron chi connectivity index (χ4n) is 2.02. The standard InChI is InChI=1S/C15H14N4O2/c16-13-7-18-19(8-13)9-15(20)21-10-11-3-4-14-12(6-11)2-1-5-17-14/h1-8H,9-10,16H2. The molecule has 106 valence electrons. The fraction of sp³-hybridized carbons (Fsp3) is 0.133. The maximum absolute atomic E-state index is 11.7. The molecule has 2 heterocycles. The zero-order valence-corrected chi connectivity index (χ0v) is 11.3. The number of hydrogen-bond acceptors (Lipinski definition) is 5.